The van der Waals surface area contributed by atoms with Crippen molar-refractivity contribution in [3.8, 4) is 23.0 Å². The van der Waals surface area contributed by atoms with Gasteiger partial charge in [-0.3, -0.25) is 4.79 Å². The van der Waals surface area contributed by atoms with E-state index in [0.29, 0.717) is 29.9 Å². The van der Waals surface area contributed by atoms with Crippen molar-refractivity contribution in [2.45, 2.75) is 50.2 Å². The molecule has 3 aromatic rings. The molecule has 0 spiro atoms. The number of benzene rings is 2. The van der Waals surface area contributed by atoms with Crippen molar-refractivity contribution in [2.75, 3.05) is 26.2 Å². The SMILES string of the molecule is CC1CN(S(=O)(=O)c2cccc(-c3nn(-c4ccccc4)cc3/C=C(/C#N)C(=O)N3CCCCC3)c2)CC(C)O1. The van der Waals surface area contributed by atoms with E-state index in [1.165, 1.54) is 4.31 Å². The molecule has 0 aliphatic carbocycles. The summed E-state index contributed by atoms with van der Waals surface area (Å²) >= 11 is 0. The summed E-state index contributed by atoms with van der Waals surface area (Å²) in [6.07, 6.45) is 5.82. The van der Waals surface area contributed by atoms with Crippen molar-refractivity contribution in [1.29, 1.82) is 5.26 Å². The average molecular weight is 560 g/mol. The summed E-state index contributed by atoms with van der Waals surface area (Å²) in [5.41, 5.74) is 2.41. The summed E-state index contributed by atoms with van der Waals surface area (Å²) in [5.74, 6) is -0.299. The van der Waals surface area contributed by atoms with Crippen molar-refractivity contribution >= 4 is 22.0 Å². The number of amides is 1. The maximum Gasteiger partial charge on any atom is 0.264 e. The van der Waals surface area contributed by atoms with E-state index in [9.17, 15) is 18.5 Å². The Labute approximate surface area is 235 Å². The predicted octanol–water partition coefficient (Wildman–Crippen LogP) is 4.26. The summed E-state index contributed by atoms with van der Waals surface area (Å²) in [6, 6.07) is 18.2. The molecule has 2 unspecified atom stereocenters. The van der Waals surface area contributed by atoms with E-state index < -0.39 is 10.0 Å². The average Bonchev–Trinajstić information content (AvgIpc) is 3.40. The summed E-state index contributed by atoms with van der Waals surface area (Å²) in [7, 11) is -3.78. The van der Waals surface area contributed by atoms with Gasteiger partial charge in [0.2, 0.25) is 10.0 Å². The smallest absolute Gasteiger partial charge is 0.264 e. The molecule has 3 heterocycles. The molecular formula is C30H33N5O4S. The topological polar surface area (TPSA) is 109 Å². The highest BCUT2D eigenvalue weighted by Gasteiger charge is 2.32. The third kappa shape index (κ3) is 5.87. The lowest BCUT2D eigenvalue weighted by molar-refractivity contribution is -0.127. The van der Waals surface area contributed by atoms with E-state index >= 15 is 0 Å². The van der Waals surface area contributed by atoms with E-state index in [0.717, 1.165) is 24.9 Å². The molecule has 9 nitrogen and oxygen atoms in total. The Kier molecular flexibility index (Phi) is 8.17. The Bertz CT molecular complexity index is 1540. The number of morpholine rings is 1. The van der Waals surface area contributed by atoms with Gasteiger partial charge in [0.05, 0.1) is 22.8 Å². The van der Waals surface area contributed by atoms with Gasteiger partial charge in [-0.25, -0.2) is 13.1 Å². The highest BCUT2D eigenvalue weighted by atomic mass is 32.2. The van der Waals surface area contributed by atoms with Crippen molar-refractivity contribution in [3.63, 3.8) is 0 Å². The first-order valence-corrected chi connectivity index (χ1v) is 15.0. The number of hydrogen-bond acceptors (Lipinski definition) is 6. The van der Waals surface area contributed by atoms with Crippen LogP contribution >= 0.6 is 0 Å². The number of ether oxygens (including phenoxy) is 1. The molecule has 0 bridgehead atoms. The molecule has 2 aliphatic heterocycles. The summed E-state index contributed by atoms with van der Waals surface area (Å²) in [5, 5.41) is 14.7. The quantitative estimate of drug-likeness (QED) is 0.330. The van der Waals surface area contributed by atoms with E-state index in [2.05, 4.69) is 6.07 Å². The van der Waals surface area contributed by atoms with Gasteiger partial charge >= 0.3 is 0 Å². The van der Waals surface area contributed by atoms with Crippen LogP contribution in [0.5, 0.6) is 0 Å². The third-order valence-electron chi connectivity index (χ3n) is 7.19. The zero-order valence-electron chi connectivity index (χ0n) is 22.7. The molecule has 10 heteroatoms. The minimum Gasteiger partial charge on any atom is -0.373 e. The van der Waals surface area contributed by atoms with Crippen LogP contribution in [-0.4, -0.2) is 71.7 Å². The maximum atomic E-state index is 13.6. The molecule has 40 heavy (non-hydrogen) atoms. The standard InChI is InChI=1S/C30H33N5O4S/c1-22-19-34(20-23(2)39-22)40(37,38)28-13-9-10-24(17-28)29-26(21-35(32-29)27-11-5-3-6-12-27)16-25(18-31)30(36)33-14-7-4-8-15-33/h3,5-6,9-13,16-17,21-23H,4,7-8,14-15,19-20H2,1-2H3/b25-16-. The fourth-order valence-electron chi connectivity index (χ4n) is 5.27. The van der Waals surface area contributed by atoms with Gasteiger partial charge in [-0.15, -0.1) is 0 Å². The number of rotatable bonds is 6. The van der Waals surface area contributed by atoms with E-state index in [1.54, 1.807) is 46.1 Å². The molecule has 0 saturated carbocycles. The zero-order chi connectivity index (χ0) is 28.3. The highest BCUT2D eigenvalue weighted by molar-refractivity contribution is 7.89. The van der Waals surface area contributed by atoms with Crippen LogP contribution in [0, 0.1) is 11.3 Å². The zero-order valence-corrected chi connectivity index (χ0v) is 23.5. The van der Waals surface area contributed by atoms with Gasteiger partial charge in [0.25, 0.3) is 5.91 Å². The second kappa shape index (κ2) is 11.8. The van der Waals surface area contributed by atoms with Crippen LogP contribution in [0.25, 0.3) is 23.0 Å². The van der Waals surface area contributed by atoms with Crippen molar-refractivity contribution in [3.05, 3.63) is 71.9 Å². The number of likely N-dealkylation sites (tertiary alicyclic amines) is 1. The fourth-order valence-corrected chi connectivity index (χ4v) is 6.91. The molecule has 0 radical (unpaired) electrons. The lowest BCUT2D eigenvalue weighted by atomic mass is 10.0. The molecular weight excluding hydrogens is 526 g/mol. The van der Waals surface area contributed by atoms with Gasteiger partial charge in [0.1, 0.15) is 17.3 Å². The van der Waals surface area contributed by atoms with Crippen LogP contribution in [0.2, 0.25) is 0 Å². The molecule has 208 valence electrons. The van der Waals surface area contributed by atoms with E-state index in [4.69, 9.17) is 9.84 Å². The highest BCUT2D eigenvalue weighted by Crippen LogP contribution is 2.30. The molecule has 1 aromatic heterocycles. The van der Waals surface area contributed by atoms with Crippen LogP contribution in [0.4, 0.5) is 0 Å². The fraction of sp³-hybridized carbons (Fsp3) is 0.367. The summed E-state index contributed by atoms with van der Waals surface area (Å²) in [6.45, 7) is 5.54. The van der Waals surface area contributed by atoms with Crippen molar-refractivity contribution in [1.82, 2.24) is 19.0 Å². The molecule has 0 N–H and O–H groups in total. The Hall–Kier alpha value is -3.78. The Morgan fingerprint density at radius 2 is 1.73 bits per heavy atom. The number of carbonyl (C=O) groups excluding carboxylic acids is 1. The third-order valence-corrected chi connectivity index (χ3v) is 9.02. The lowest BCUT2D eigenvalue weighted by Crippen LogP contribution is -2.48. The first-order chi connectivity index (χ1) is 19.3. The molecule has 2 aliphatic rings. The molecule has 5 rings (SSSR count). The van der Waals surface area contributed by atoms with Crippen LogP contribution < -0.4 is 0 Å². The van der Waals surface area contributed by atoms with Gasteiger partial charge in [0, 0.05) is 43.5 Å². The van der Waals surface area contributed by atoms with Crippen LogP contribution in [0.1, 0.15) is 38.7 Å². The van der Waals surface area contributed by atoms with Crippen LogP contribution in [0.3, 0.4) is 0 Å². The van der Waals surface area contributed by atoms with Gasteiger partial charge in [-0.2, -0.15) is 14.7 Å². The lowest BCUT2D eigenvalue weighted by Gasteiger charge is -2.34. The predicted molar refractivity (Wildman–Crippen MR) is 152 cm³/mol. The first kappa shape index (κ1) is 27.8. The number of piperidine rings is 1. The van der Waals surface area contributed by atoms with E-state index in [1.807, 2.05) is 44.2 Å². The number of nitrogens with zero attached hydrogens (tertiary/aromatic N) is 5. The largest absolute Gasteiger partial charge is 0.373 e. The van der Waals surface area contributed by atoms with Gasteiger partial charge in [-0.05, 0) is 63.5 Å². The second-order valence-corrected chi connectivity index (χ2v) is 12.3. The van der Waals surface area contributed by atoms with Gasteiger partial charge in [0.15, 0.2) is 0 Å². The van der Waals surface area contributed by atoms with Crippen LogP contribution in [0.15, 0.2) is 71.3 Å². The first-order valence-electron chi connectivity index (χ1n) is 13.6. The molecule has 2 aromatic carbocycles. The minimum atomic E-state index is -3.78. The number of para-hydroxylation sites is 1. The van der Waals surface area contributed by atoms with Crippen LogP contribution in [-0.2, 0) is 19.6 Å². The molecule has 2 atom stereocenters. The number of nitriles is 1. The Morgan fingerprint density at radius 1 is 1.02 bits per heavy atom. The second-order valence-electron chi connectivity index (χ2n) is 10.3. The summed E-state index contributed by atoms with van der Waals surface area (Å²) < 4.78 is 36.1. The summed E-state index contributed by atoms with van der Waals surface area (Å²) in [4.78, 5) is 15.1. The van der Waals surface area contributed by atoms with Gasteiger partial charge < -0.3 is 9.64 Å². The van der Waals surface area contributed by atoms with Crippen molar-refractivity contribution < 1.29 is 17.9 Å². The number of carbonyl (C=O) groups is 1. The van der Waals surface area contributed by atoms with Gasteiger partial charge in [-0.1, -0.05) is 30.3 Å². The molecule has 2 saturated heterocycles. The monoisotopic (exact) mass is 559 g/mol. The Morgan fingerprint density at radius 3 is 2.40 bits per heavy atom. The van der Waals surface area contributed by atoms with Crippen molar-refractivity contribution in [2.24, 2.45) is 0 Å². The number of aromatic nitrogens is 2. The number of sulfonamides is 1. The Balaban J connectivity index is 1.57. The molecule has 1 amide bonds. The number of hydrogen-bond donors (Lipinski definition) is 0. The normalized spacial score (nSPS) is 20.7. The molecule has 2 fully saturated rings. The maximum absolute atomic E-state index is 13.6. The van der Waals surface area contributed by atoms with E-state index in [-0.39, 0.29) is 41.7 Å². The minimum absolute atomic E-state index is 0.0239.